The molecule has 2 aliphatic heterocycles. The molecule has 0 aromatic carbocycles. The number of amides is 3. The Morgan fingerprint density at radius 2 is 1.71 bits per heavy atom. The fourth-order valence-corrected chi connectivity index (χ4v) is 2.12. The zero-order chi connectivity index (χ0) is 12.8. The minimum absolute atomic E-state index is 0.261. The van der Waals surface area contributed by atoms with Crippen molar-refractivity contribution in [1.29, 1.82) is 0 Å². The number of carbonyl (C=O) groups is 3. The lowest BCUT2D eigenvalue weighted by Gasteiger charge is -2.24. The number of imide groups is 1. The van der Waals surface area contributed by atoms with Crippen molar-refractivity contribution in [1.82, 2.24) is 10.2 Å². The van der Waals surface area contributed by atoms with Crippen LogP contribution >= 0.6 is 0 Å². The van der Waals surface area contributed by atoms with Crippen molar-refractivity contribution in [2.45, 2.75) is 26.4 Å². The van der Waals surface area contributed by atoms with Gasteiger partial charge in [-0.25, -0.2) is 4.79 Å². The van der Waals surface area contributed by atoms with E-state index in [1.54, 1.807) is 20.8 Å². The predicted molar refractivity (Wildman–Crippen MR) is 57.9 cm³/mol. The molecule has 0 saturated carbocycles. The van der Waals surface area contributed by atoms with Crippen LogP contribution in [-0.4, -0.2) is 41.5 Å². The maximum Gasteiger partial charge on any atom is 0.410 e. The highest BCUT2D eigenvalue weighted by Crippen LogP contribution is 2.29. The van der Waals surface area contributed by atoms with Crippen LogP contribution in [0.15, 0.2) is 0 Å². The Morgan fingerprint density at radius 1 is 1.24 bits per heavy atom. The number of hydrogen-bond donors (Lipinski definition) is 1. The third-order valence-electron chi connectivity index (χ3n) is 2.89. The van der Waals surface area contributed by atoms with E-state index >= 15 is 0 Å². The van der Waals surface area contributed by atoms with Crippen LogP contribution in [0.1, 0.15) is 20.8 Å². The fourth-order valence-electron chi connectivity index (χ4n) is 2.12. The summed E-state index contributed by atoms with van der Waals surface area (Å²) in [6.07, 6.45) is -0.465. The molecule has 2 atom stereocenters. The predicted octanol–water partition coefficient (Wildman–Crippen LogP) is 0.126. The molecule has 2 unspecified atom stereocenters. The topological polar surface area (TPSA) is 75.7 Å². The molecule has 17 heavy (non-hydrogen) atoms. The van der Waals surface area contributed by atoms with Crippen molar-refractivity contribution < 1.29 is 19.1 Å². The first-order chi connectivity index (χ1) is 7.78. The standard InChI is InChI=1S/C11H16N2O4/c1-11(2,3)17-10(16)13-4-6-7(5-13)9(15)12-8(6)14/h6-7H,4-5H2,1-3H3,(H,12,14,15). The molecule has 2 rings (SSSR count). The Labute approximate surface area is 99.3 Å². The van der Waals surface area contributed by atoms with Gasteiger partial charge in [0.25, 0.3) is 0 Å². The number of ether oxygens (including phenoxy) is 1. The van der Waals surface area contributed by atoms with Gasteiger partial charge < -0.3 is 9.64 Å². The molecule has 2 fully saturated rings. The van der Waals surface area contributed by atoms with Gasteiger partial charge in [0.05, 0.1) is 11.8 Å². The molecule has 2 aliphatic rings. The maximum absolute atomic E-state index is 11.8. The Morgan fingerprint density at radius 3 is 2.12 bits per heavy atom. The summed E-state index contributed by atoms with van der Waals surface area (Å²) in [7, 11) is 0. The minimum atomic E-state index is -0.568. The van der Waals surface area contributed by atoms with Crippen molar-refractivity contribution in [3.8, 4) is 0 Å². The smallest absolute Gasteiger partial charge is 0.410 e. The summed E-state index contributed by atoms with van der Waals surface area (Å²) in [5.74, 6) is -1.39. The largest absolute Gasteiger partial charge is 0.444 e. The highest BCUT2D eigenvalue weighted by Gasteiger charge is 2.49. The maximum atomic E-state index is 11.8. The number of nitrogens with zero attached hydrogens (tertiary/aromatic N) is 1. The quantitative estimate of drug-likeness (QED) is 0.610. The molecule has 0 radical (unpaired) electrons. The lowest BCUT2D eigenvalue weighted by atomic mass is 10.00. The van der Waals surface area contributed by atoms with E-state index in [0.29, 0.717) is 0 Å². The third-order valence-corrected chi connectivity index (χ3v) is 2.89. The van der Waals surface area contributed by atoms with Gasteiger partial charge in [-0.2, -0.15) is 0 Å². The fraction of sp³-hybridized carbons (Fsp3) is 0.727. The number of hydrogen-bond acceptors (Lipinski definition) is 4. The Kier molecular flexibility index (Phi) is 2.60. The summed E-state index contributed by atoms with van der Waals surface area (Å²) in [6.45, 7) is 5.85. The second-order valence-corrected chi connectivity index (χ2v) is 5.45. The van der Waals surface area contributed by atoms with Gasteiger partial charge in [-0.15, -0.1) is 0 Å². The minimum Gasteiger partial charge on any atom is -0.444 e. The zero-order valence-corrected chi connectivity index (χ0v) is 10.1. The van der Waals surface area contributed by atoms with Crippen LogP contribution in [0.3, 0.4) is 0 Å². The van der Waals surface area contributed by atoms with Crippen LogP contribution in [0.5, 0.6) is 0 Å². The summed E-state index contributed by atoms with van der Waals surface area (Å²) >= 11 is 0. The SMILES string of the molecule is CC(C)(C)OC(=O)N1CC2C(=O)NC(=O)C2C1. The Bertz CT molecular complexity index is 363. The highest BCUT2D eigenvalue weighted by molar-refractivity contribution is 6.06. The van der Waals surface area contributed by atoms with Crippen LogP contribution in [-0.2, 0) is 14.3 Å². The molecule has 2 saturated heterocycles. The molecule has 0 bridgehead atoms. The van der Waals surface area contributed by atoms with Crippen molar-refractivity contribution >= 4 is 17.9 Å². The average Bonchev–Trinajstić information content (AvgIpc) is 2.67. The van der Waals surface area contributed by atoms with Crippen molar-refractivity contribution in [2.75, 3.05) is 13.1 Å². The van der Waals surface area contributed by atoms with Crippen LogP contribution in [0, 0.1) is 11.8 Å². The van der Waals surface area contributed by atoms with Gasteiger partial charge in [-0.3, -0.25) is 14.9 Å². The van der Waals surface area contributed by atoms with E-state index in [2.05, 4.69) is 5.32 Å². The molecular formula is C11H16N2O4. The van der Waals surface area contributed by atoms with E-state index in [1.807, 2.05) is 0 Å². The van der Waals surface area contributed by atoms with Crippen LogP contribution < -0.4 is 5.32 Å². The third kappa shape index (κ3) is 2.25. The number of likely N-dealkylation sites (tertiary alicyclic amines) is 1. The molecule has 0 aliphatic carbocycles. The molecular weight excluding hydrogens is 224 g/mol. The highest BCUT2D eigenvalue weighted by atomic mass is 16.6. The summed E-state index contributed by atoms with van der Waals surface area (Å²) in [5, 5.41) is 2.27. The van der Waals surface area contributed by atoms with Gasteiger partial charge in [-0.05, 0) is 20.8 Å². The van der Waals surface area contributed by atoms with Crippen molar-refractivity contribution in [2.24, 2.45) is 11.8 Å². The van der Waals surface area contributed by atoms with Gasteiger partial charge in [0.15, 0.2) is 0 Å². The first-order valence-corrected chi connectivity index (χ1v) is 5.60. The lowest BCUT2D eigenvalue weighted by Crippen LogP contribution is -2.38. The van der Waals surface area contributed by atoms with Gasteiger partial charge >= 0.3 is 6.09 Å². The number of fused-ring (bicyclic) bond motifs is 1. The van der Waals surface area contributed by atoms with Crippen LogP contribution in [0.25, 0.3) is 0 Å². The summed E-state index contributed by atoms with van der Waals surface area (Å²) in [4.78, 5) is 36.0. The number of carbonyl (C=O) groups excluding carboxylic acids is 3. The second kappa shape index (κ2) is 3.72. The van der Waals surface area contributed by atoms with E-state index in [0.717, 1.165) is 0 Å². The average molecular weight is 240 g/mol. The van der Waals surface area contributed by atoms with Crippen molar-refractivity contribution in [3.63, 3.8) is 0 Å². The van der Waals surface area contributed by atoms with E-state index in [1.165, 1.54) is 4.90 Å². The Balaban J connectivity index is 2.01. The molecule has 0 aromatic heterocycles. The van der Waals surface area contributed by atoms with Crippen molar-refractivity contribution in [3.05, 3.63) is 0 Å². The normalized spacial score (nSPS) is 28.1. The molecule has 6 nitrogen and oxygen atoms in total. The summed E-state index contributed by atoms with van der Waals surface area (Å²) in [6, 6.07) is 0. The van der Waals surface area contributed by atoms with Crippen LogP contribution in [0.2, 0.25) is 0 Å². The lowest BCUT2D eigenvalue weighted by molar-refractivity contribution is -0.126. The molecule has 2 heterocycles. The van der Waals surface area contributed by atoms with E-state index < -0.39 is 23.5 Å². The number of rotatable bonds is 0. The number of nitrogens with one attached hydrogen (secondary N) is 1. The first kappa shape index (κ1) is 11.9. The van der Waals surface area contributed by atoms with E-state index in [9.17, 15) is 14.4 Å². The molecule has 0 spiro atoms. The van der Waals surface area contributed by atoms with Gasteiger partial charge in [0, 0.05) is 13.1 Å². The van der Waals surface area contributed by atoms with Gasteiger partial charge in [0.1, 0.15) is 5.60 Å². The second-order valence-electron chi connectivity index (χ2n) is 5.45. The van der Waals surface area contributed by atoms with Crippen LogP contribution in [0.4, 0.5) is 4.79 Å². The monoisotopic (exact) mass is 240 g/mol. The van der Waals surface area contributed by atoms with Gasteiger partial charge in [0.2, 0.25) is 11.8 Å². The molecule has 1 N–H and O–H groups in total. The zero-order valence-electron chi connectivity index (χ0n) is 10.1. The molecule has 0 aromatic rings. The first-order valence-electron chi connectivity index (χ1n) is 5.60. The van der Waals surface area contributed by atoms with Gasteiger partial charge in [-0.1, -0.05) is 0 Å². The Hall–Kier alpha value is -1.59. The summed E-state index contributed by atoms with van der Waals surface area (Å²) in [5.41, 5.74) is -0.568. The van der Waals surface area contributed by atoms with E-state index in [-0.39, 0.29) is 24.9 Å². The molecule has 6 heteroatoms. The van der Waals surface area contributed by atoms with E-state index in [4.69, 9.17) is 4.74 Å². The summed E-state index contributed by atoms with van der Waals surface area (Å²) < 4.78 is 5.20. The molecule has 94 valence electrons. The molecule has 3 amide bonds.